The van der Waals surface area contributed by atoms with Crippen molar-refractivity contribution in [1.29, 1.82) is 0 Å². The molecule has 0 atom stereocenters. The van der Waals surface area contributed by atoms with Gasteiger partial charge < -0.3 is 10.2 Å². The number of piperidine rings is 1. The van der Waals surface area contributed by atoms with E-state index in [0.717, 1.165) is 32.4 Å². The van der Waals surface area contributed by atoms with Gasteiger partial charge in [-0.2, -0.15) is 0 Å². The van der Waals surface area contributed by atoms with Gasteiger partial charge in [0.05, 0.1) is 10.6 Å². The molecule has 8 heteroatoms. The first-order chi connectivity index (χ1) is 13.4. The fraction of sp³-hybridized carbons (Fsp3) is 0.250. The molecule has 1 fully saturated rings. The van der Waals surface area contributed by atoms with Crippen molar-refractivity contribution in [1.82, 2.24) is 10.2 Å². The summed E-state index contributed by atoms with van der Waals surface area (Å²) in [6.45, 7) is 1.57. The van der Waals surface area contributed by atoms with Crippen LogP contribution in [0.25, 0.3) is 0 Å². The summed E-state index contributed by atoms with van der Waals surface area (Å²) in [7, 11) is 0. The highest BCUT2D eigenvalue weighted by atomic mass is 35.5. The number of nitrogens with zero attached hydrogens (tertiary/aromatic N) is 1. The monoisotopic (exact) mass is 435 g/mol. The van der Waals surface area contributed by atoms with E-state index in [-0.39, 0.29) is 21.6 Å². The summed E-state index contributed by atoms with van der Waals surface area (Å²) in [5.41, 5.74) is 1.47. The van der Waals surface area contributed by atoms with Crippen LogP contribution in [0.2, 0.25) is 10.0 Å². The molecule has 1 aliphatic heterocycles. The lowest BCUT2D eigenvalue weighted by Gasteiger charge is -2.26. The Balaban J connectivity index is 1.64. The Bertz CT molecular complexity index is 914. The van der Waals surface area contributed by atoms with Crippen molar-refractivity contribution in [3.63, 3.8) is 0 Å². The van der Waals surface area contributed by atoms with Crippen LogP contribution in [0, 0.1) is 0 Å². The SMILES string of the molecule is O=C(NC(=S)Nc1cccc(C(=O)N2CCCCC2)c1)c1ccc(Cl)cc1Cl. The van der Waals surface area contributed by atoms with Gasteiger partial charge in [0.25, 0.3) is 11.8 Å². The average molecular weight is 436 g/mol. The lowest BCUT2D eigenvalue weighted by atomic mass is 10.1. The quantitative estimate of drug-likeness (QED) is 0.682. The Morgan fingerprint density at radius 1 is 1.00 bits per heavy atom. The maximum Gasteiger partial charge on any atom is 0.258 e. The topological polar surface area (TPSA) is 61.4 Å². The lowest BCUT2D eigenvalue weighted by Crippen LogP contribution is -2.36. The van der Waals surface area contributed by atoms with Gasteiger partial charge in [0.1, 0.15) is 0 Å². The normalized spacial score (nSPS) is 13.7. The van der Waals surface area contributed by atoms with E-state index in [4.69, 9.17) is 35.4 Å². The average Bonchev–Trinajstić information content (AvgIpc) is 2.68. The van der Waals surface area contributed by atoms with E-state index in [2.05, 4.69) is 10.6 Å². The third kappa shape index (κ3) is 5.22. The second kappa shape index (κ2) is 9.37. The minimum atomic E-state index is -0.445. The van der Waals surface area contributed by atoms with Crippen LogP contribution < -0.4 is 10.6 Å². The number of hydrogen-bond acceptors (Lipinski definition) is 3. The van der Waals surface area contributed by atoms with E-state index in [9.17, 15) is 9.59 Å². The van der Waals surface area contributed by atoms with Crippen LogP contribution >= 0.6 is 35.4 Å². The zero-order valence-corrected chi connectivity index (χ0v) is 17.3. The molecule has 5 nitrogen and oxygen atoms in total. The molecule has 0 unspecified atom stereocenters. The van der Waals surface area contributed by atoms with E-state index in [1.54, 1.807) is 30.3 Å². The van der Waals surface area contributed by atoms with Crippen molar-refractivity contribution in [2.45, 2.75) is 19.3 Å². The largest absolute Gasteiger partial charge is 0.339 e. The number of thiocarbonyl (C=S) groups is 1. The zero-order chi connectivity index (χ0) is 20.1. The zero-order valence-electron chi connectivity index (χ0n) is 15.0. The van der Waals surface area contributed by atoms with Crippen molar-refractivity contribution < 1.29 is 9.59 Å². The van der Waals surface area contributed by atoms with Gasteiger partial charge in [-0.25, -0.2) is 0 Å². The molecule has 1 saturated heterocycles. The summed E-state index contributed by atoms with van der Waals surface area (Å²) >= 11 is 17.1. The molecular weight excluding hydrogens is 417 g/mol. The number of amides is 2. The van der Waals surface area contributed by atoms with Gasteiger partial charge in [-0.15, -0.1) is 0 Å². The van der Waals surface area contributed by atoms with Crippen LogP contribution in [0.4, 0.5) is 5.69 Å². The van der Waals surface area contributed by atoms with Gasteiger partial charge in [-0.3, -0.25) is 14.9 Å². The first kappa shape index (κ1) is 20.6. The van der Waals surface area contributed by atoms with Crippen LogP contribution in [0.1, 0.15) is 40.0 Å². The van der Waals surface area contributed by atoms with Crippen LogP contribution in [-0.2, 0) is 0 Å². The van der Waals surface area contributed by atoms with Gasteiger partial charge in [0.15, 0.2) is 5.11 Å². The number of likely N-dealkylation sites (tertiary alicyclic amines) is 1. The maximum absolute atomic E-state index is 12.6. The van der Waals surface area contributed by atoms with Gasteiger partial charge in [0, 0.05) is 29.4 Å². The third-order valence-electron chi connectivity index (χ3n) is 4.41. The fourth-order valence-electron chi connectivity index (χ4n) is 3.02. The molecule has 28 heavy (non-hydrogen) atoms. The first-order valence-electron chi connectivity index (χ1n) is 8.91. The Morgan fingerprint density at radius 2 is 1.75 bits per heavy atom. The smallest absolute Gasteiger partial charge is 0.258 e. The van der Waals surface area contributed by atoms with Crippen LogP contribution in [0.5, 0.6) is 0 Å². The van der Waals surface area contributed by atoms with Crippen LogP contribution in [-0.4, -0.2) is 34.9 Å². The molecule has 0 aliphatic carbocycles. The molecular formula is C20H19Cl2N3O2S. The number of anilines is 1. The molecule has 1 heterocycles. The molecule has 0 saturated carbocycles. The van der Waals surface area contributed by atoms with Gasteiger partial charge in [-0.05, 0) is 67.9 Å². The summed E-state index contributed by atoms with van der Waals surface area (Å²) in [6.07, 6.45) is 3.23. The molecule has 2 N–H and O–H groups in total. The van der Waals surface area contributed by atoms with E-state index >= 15 is 0 Å². The third-order valence-corrected chi connectivity index (χ3v) is 5.17. The van der Waals surface area contributed by atoms with E-state index in [1.807, 2.05) is 4.90 Å². The Kier molecular flexibility index (Phi) is 6.88. The maximum atomic E-state index is 12.6. The van der Waals surface area contributed by atoms with Crippen molar-refractivity contribution >= 4 is 58.0 Å². The molecule has 2 aromatic carbocycles. The number of carbonyl (C=O) groups is 2. The second-order valence-corrected chi connectivity index (χ2v) is 7.72. The van der Waals surface area contributed by atoms with Crippen LogP contribution in [0.15, 0.2) is 42.5 Å². The fourth-order valence-corrected chi connectivity index (χ4v) is 3.72. The molecule has 1 aliphatic rings. The summed E-state index contributed by atoms with van der Waals surface area (Å²) in [4.78, 5) is 26.8. The van der Waals surface area contributed by atoms with Crippen molar-refractivity contribution in [3.05, 3.63) is 63.6 Å². The van der Waals surface area contributed by atoms with Crippen LogP contribution in [0.3, 0.4) is 0 Å². The molecule has 2 amide bonds. The van der Waals surface area contributed by atoms with E-state index in [0.29, 0.717) is 16.3 Å². The summed E-state index contributed by atoms with van der Waals surface area (Å²) in [6, 6.07) is 11.7. The molecule has 3 rings (SSSR count). The van der Waals surface area contributed by atoms with Crippen molar-refractivity contribution in [2.24, 2.45) is 0 Å². The standard InChI is InChI=1S/C20H19Cl2N3O2S/c21-14-7-8-16(17(22)12-14)18(26)24-20(28)23-15-6-4-5-13(11-15)19(27)25-9-2-1-3-10-25/h4-8,11-12H,1-3,9-10H2,(H2,23,24,26,28). The number of rotatable bonds is 3. The second-order valence-electron chi connectivity index (χ2n) is 6.47. The summed E-state index contributed by atoms with van der Waals surface area (Å²) in [5.74, 6) is -0.439. The highest BCUT2D eigenvalue weighted by Crippen LogP contribution is 2.21. The first-order valence-corrected chi connectivity index (χ1v) is 10.1. The molecule has 0 radical (unpaired) electrons. The van der Waals surface area contributed by atoms with Crippen molar-refractivity contribution in [3.8, 4) is 0 Å². The van der Waals surface area contributed by atoms with E-state index in [1.165, 1.54) is 12.1 Å². The predicted octanol–water partition coefficient (Wildman–Crippen LogP) is 4.75. The number of halogens is 2. The van der Waals surface area contributed by atoms with Gasteiger partial charge in [-0.1, -0.05) is 29.3 Å². The number of nitrogens with one attached hydrogen (secondary N) is 2. The lowest BCUT2D eigenvalue weighted by molar-refractivity contribution is 0.0724. The van der Waals surface area contributed by atoms with Crippen molar-refractivity contribution in [2.75, 3.05) is 18.4 Å². The number of carbonyl (C=O) groups excluding carboxylic acids is 2. The Morgan fingerprint density at radius 3 is 2.46 bits per heavy atom. The van der Waals surface area contributed by atoms with Gasteiger partial charge in [0.2, 0.25) is 0 Å². The highest BCUT2D eigenvalue weighted by Gasteiger charge is 2.18. The molecule has 146 valence electrons. The highest BCUT2D eigenvalue weighted by molar-refractivity contribution is 7.80. The summed E-state index contributed by atoms with van der Waals surface area (Å²) in [5, 5.41) is 6.30. The Labute approximate surface area is 179 Å². The predicted molar refractivity (Wildman–Crippen MR) is 116 cm³/mol. The number of benzene rings is 2. The van der Waals surface area contributed by atoms with Gasteiger partial charge >= 0.3 is 0 Å². The minimum absolute atomic E-state index is 0.00579. The summed E-state index contributed by atoms with van der Waals surface area (Å²) < 4.78 is 0. The minimum Gasteiger partial charge on any atom is -0.339 e. The molecule has 0 spiro atoms. The Hall–Kier alpha value is -2.15. The number of hydrogen-bond donors (Lipinski definition) is 2. The molecule has 0 bridgehead atoms. The van der Waals surface area contributed by atoms with E-state index < -0.39 is 5.91 Å². The molecule has 0 aromatic heterocycles. The molecule has 2 aromatic rings.